The Morgan fingerprint density at radius 3 is 2.52 bits per heavy atom. The summed E-state index contributed by atoms with van der Waals surface area (Å²) in [6.07, 6.45) is 8.94. The number of fused-ring (bicyclic) bond motifs is 2. The van der Waals surface area contributed by atoms with Gasteiger partial charge in [0.05, 0.1) is 0 Å². The minimum Gasteiger partial charge on any atom is -0.328 e. The molecular weight excluding hydrogens is 303 g/mol. The Kier molecular flexibility index (Phi) is 5.25. The third kappa shape index (κ3) is 2.96. The Labute approximate surface area is 140 Å². The van der Waals surface area contributed by atoms with Gasteiger partial charge in [-0.15, -0.1) is 24.8 Å². The largest absolute Gasteiger partial charge is 0.328 e. The Hall–Kier alpha value is -0.280. The van der Waals surface area contributed by atoms with E-state index in [9.17, 15) is 0 Å². The van der Waals surface area contributed by atoms with Gasteiger partial charge in [-0.05, 0) is 56.1 Å². The summed E-state index contributed by atoms with van der Waals surface area (Å²) in [7, 11) is 0. The highest BCUT2D eigenvalue weighted by molar-refractivity contribution is 5.85. The smallest absolute Gasteiger partial charge is 0.0176 e. The molecule has 0 radical (unpaired) electrons. The van der Waals surface area contributed by atoms with E-state index in [0.717, 1.165) is 12.1 Å². The third-order valence-corrected chi connectivity index (χ3v) is 5.68. The maximum atomic E-state index is 5.99. The quantitative estimate of drug-likeness (QED) is 0.873. The van der Waals surface area contributed by atoms with E-state index >= 15 is 0 Å². The van der Waals surface area contributed by atoms with Crippen LogP contribution < -0.4 is 11.1 Å². The van der Waals surface area contributed by atoms with Crippen molar-refractivity contribution in [2.75, 3.05) is 0 Å². The highest BCUT2D eigenvalue weighted by atomic mass is 35.5. The molecule has 0 aromatic heterocycles. The highest BCUT2D eigenvalue weighted by Gasteiger charge is 2.58. The van der Waals surface area contributed by atoms with Crippen molar-refractivity contribution in [1.82, 2.24) is 5.32 Å². The van der Waals surface area contributed by atoms with Crippen LogP contribution >= 0.6 is 24.8 Å². The molecule has 2 saturated carbocycles. The molecule has 2 nitrogen and oxygen atoms in total. The summed E-state index contributed by atoms with van der Waals surface area (Å²) in [5.74, 6) is 0. The van der Waals surface area contributed by atoms with Crippen LogP contribution in [0.4, 0.5) is 0 Å². The molecule has 0 bridgehead atoms. The minimum absolute atomic E-state index is 0. The molecule has 3 aliphatic carbocycles. The zero-order valence-corrected chi connectivity index (χ0v) is 14.0. The second-order valence-corrected chi connectivity index (χ2v) is 6.85. The lowest BCUT2D eigenvalue weighted by molar-refractivity contribution is 0.333. The van der Waals surface area contributed by atoms with Crippen molar-refractivity contribution in [3.63, 3.8) is 0 Å². The second-order valence-electron chi connectivity index (χ2n) is 6.85. The lowest BCUT2D eigenvalue weighted by Gasteiger charge is -2.28. The van der Waals surface area contributed by atoms with Gasteiger partial charge in [0.25, 0.3) is 0 Å². The fourth-order valence-corrected chi connectivity index (χ4v) is 4.38. The number of aryl methyl sites for hydroxylation is 1. The Morgan fingerprint density at radius 1 is 1.05 bits per heavy atom. The van der Waals surface area contributed by atoms with E-state index in [1.54, 1.807) is 11.1 Å². The fourth-order valence-electron chi connectivity index (χ4n) is 4.38. The summed E-state index contributed by atoms with van der Waals surface area (Å²) in [6.45, 7) is 0. The van der Waals surface area contributed by atoms with Crippen molar-refractivity contribution >= 4 is 24.8 Å². The SMILES string of the molecule is Cl.Cl.NC1CCC(N[C@@H]2C[C@@]23CCc2ccccc23)CC1. The van der Waals surface area contributed by atoms with Crippen LogP contribution in [0.3, 0.4) is 0 Å². The number of rotatable bonds is 2. The van der Waals surface area contributed by atoms with Crippen molar-refractivity contribution in [3.8, 4) is 0 Å². The van der Waals surface area contributed by atoms with Gasteiger partial charge in [-0.25, -0.2) is 0 Å². The van der Waals surface area contributed by atoms with Crippen LogP contribution in [0.25, 0.3) is 0 Å². The van der Waals surface area contributed by atoms with E-state index in [4.69, 9.17) is 5.73 Å². The maximum Gasteiger partial charge on any atom is 0.0176 e. The molecule has 118 valence electrons. The Morgan fingerprint density at radius 2 is 1.76 bits per heavy atom. The summed E-state index contributed by atoms with van der Waals surface area (Å²) in [5.41, 5.74) is 9.72. The summed E-state index contributed by atoms with van der Waals surface area (Å²) >= 11 is 0. The van der Waals surface area contributed by atoms with Gasteiger partial charge in [0.2, 0.25) is 0 Å². The molecule has 2 fully saturated rings. The van der Waals surface area contributed by atoms with E-state index in [2.05, 4.69) is 29.6 Å². The zero-order chi connectivity index (χ0) is 12.9. The van der Waals surface area contributed by atoms with Gasteiger partial charge in [-0.3, -0.25) is 0 Å². The standard InChI is InChI=1S/C17H24N2.2ClH/c18-13-5-7-14(8-6-13)19-16-11-17(16)10-9-12-3-1-2-4-15(12)17;;/h1-4,13-14,16,19H,5-11,18H2;2*1H/t13?,14?,16-,17-;;/m1../s1. The molecule has 1 aromatic rings. The van der Waals surface area contributed by atoms with E-state index in [1.165, 1.54) is 44.9 Å². The monoisotopic (exact) mass is 328 g/mol. The molecule has 4 rings (SSSR count). The van der Waals surface area contributed by atoms with Gasteiger partial charge in [0.1, 0.15) is 0 Å². The molecule has 3 aliphatic rings. The van der Waals surface area contributed by atoms with Crippen LogP contribution in [0, 0.1) is 0 Å². The molecule has 1 spiro atoms. The van der Waals surface area contributed by atoms with Gasteiger partial charge in [0.15, 0.2) is 0 Å². The number of hydrogen-bond donors (Lipinski definition) is 2. The predicted octanol–water partition coefficient (Wildman–Crippen LogP) is 3.35. The predicted molar refractivity (Wildman–Crippen MR) is 92.7 cm³/mol. The van der Waals surface area contributed by atoms with Crippen LogP contribution in [0.5, 0.6) is 0 Å². The third-order valence-electron chi connectivity index (χ3n) is 5.68. The van der Waals surface area contributed by atoms with Crippen molar-refractivity contribution in [1.29, 1.82) is 0 Å². The number of nitrogens with one attached hydrogen (secondary N) is 1. The van der Waals surface area contributed by atoms with Gasteiger partial charge in [0, 0.05) is 23.5 Å². The Balaban J connectivity index is 0.000000807. The Bertz CT molecular complexity index is 485. The number of hydrogen-bond acceptors (Lipinski definition) is 2. The van der Waals surface area contributed by atoms with Crippen molar-refractivity contribution in [2.24, 2.45) is 5.73 Å². The van der Waals surface area contributed by atoms with Crippen LogP contribution in [-0.2, 0) is 11.8 Å². The first-order valence-electron chi connectivity index (χ1n) is 7.88. The highest BCUT2D eigenvalue weighted by Crippen LogP contribution is 2.57. The van der Waals surface area contributed by atoms with Gasteiger partial charge in [-0.2, -0.15) is 0 Å². The van der Waals surface area contributed by atoms with E-state index in [0.29, 0.717) is 11.5 Å². The summed E-state index contributed by atoms with van der Waals surface area (Å²) in [4.78, 5) is 0. The average Bonchev–Trinajstić information content (AvgIpc) is 3.00. The zero-order valence-electron chi connectivity index (χ0n) is 12.4. The maximum absolute atomic E-state index is 5.99. The van der Waals surface area contributed by atoms with Crippen LogP contribution in [0.2, 0.25) is 0 Å². The van der Waals surface area contributed by atoms with Gasteiger partial charge < -0.3 is 11.1 Å². The average molecular weight is 329 g/mol. The lowest BCUT2D eigenvalue weighted by atomic mass is 9.91. The van der Waals surface area contributed by atoms with Crippen LogP contribution in [0.1, 0.15) is 49.7 Å². The molecule has 3 N–H and O–H groups in total. The topological polar surface area (TPSA) is 38.0 Å². The number of nitrogens with two attached hydrogens (primary N) is 1. The molecule has 4 heteroatoms. The van der Waals surface area contributed by atoms with E-state index in [1.807, 2.05) is 0 Å². The van der Waals surface area contributed by atoms with Crippen LogP contribution in [-0.4, -0.2) is 18.1 Å². The molecule has 1 aromatic carbocycles. The first kappa shape index (κ1) is 17.1. The lowest BCUT2D eigenvalue weighted by Crippen LogP contribution is -2.40. The van der Waals surface area contributed by atoms with Crippen molar-refractivity contribution in [2.45, 2.75) is 68.5 Å². The van der Waals surface area contributed by atoms with Gasteiger partial charge in [-0.1, -0.05) is 24.3 Å². The molecule has 0 unspecified atom stereocenters. The molecule has 0 aliphatic heterocycles. The fraction of sp³-hybridized carbons (Fsp3) is 0.647. The second kappa shape index (κ2) is 6.45. The first-order valence-corrected chi connectivity index (χ1v) is 7.88. The minimum atomic E-state index is 0. The molecular formula is C17H26Cl2N2. The molecule has 0 saturated heterocycles. The summed E-state index contributed by atoms with van der Waals surface area (Å²) < 4.78 is 0. The number of halogens is 2. The molecule has 0 amide bonds. The normalized spacial score (nSPS) is 36.5. The molecule has 0 heterocycles. The molecule has 2 atom stereocenters. The van der Waals surface area contributed by atoms with Crippen LogP contribution in [0.15, 0.2) is 24.3 Å². The van der Waals surface area contributed by atoms with Gasteiger partial charge >= 0.3 is 0 Å². The summed E-state index contributed by atoms with van der Waals surface area (Å²) in [5, 5.41) is 3.93. The van der Waals surface area contributed by atoms with Crippen molar-refractivity contribution < 1.29 is 0 Å². The van der Waals surface area contributed by atoms with E-state index in [-0.39, 0.29) is 24.8 Å². The first-order chi connectivity index (χ1) is 9.28. The number of benzene rings is 1. The molecule has 21 heavy (non-hydrogen) atoms. The van der Waals surface area contributed by atoms with E-state index < -0.39 is 0 Å². The van der Waals surface area contributed by atoms with Crippen molar-refractivity contribution in [3.05, 3.63) is 35.4 Å². The summed E-state index contributed by atoms with van der Waals surface area (Å²) in [6, 6.07) is 11.0.